The lowest BCUT2D eigenvalue weighted by atomic mass is 9.93. The maximum Gasteiger partial charge on any atom is 0.550 e. The largest absolute Gasteiger partial charge is 0.550 e. The Morgan fingerprint density at radius 3 is 2.94 bits per heavy atom. The third-order valence-electron chi connectivity index (χ3n) is 2.43. The van der Waals surface area contributed by atoms with Gasteiger partial charge in [0.25, 0.3) is 0 Å². The fourth-order valence-electron chi connectivity index (χ4n) is 1.68. The molecule has 0 aliphatic carbocycles. The number of aromatic carboxylic acids is 1. The highest BCUT2D eigenvalue weighted by atomic mass is 16.6. The zero-order valence-corrected chi connectivity index (χ0v) is 8.77. The number of rotatable bonds is 1. The number of ether oxygens (including phenoxy) is 1. The van der Waals surface area contributed by atoms with Crippen LogP contribution in [-0.2, 0) is 11.3 Å². The molecule has 0 saturated carbocycles. The molecule has 0 fully saturated rings. The Labute approximate surface area is 92.8 Å². The molecule has 1 heterocycles. The van der Waals surface area contributed by atoms with E-state index >= 15 is 0 Å². The summed E-state index contributed by atoms with van der Waals surface area (Å²) in [7, 11) is -1.12. The van der Waals surface area contributed by atoms with E-state index in [0.717, 1.165) is 0 Å². The van der Waals surface area contributed by atoms with Crippen molar-refractivity contribution in [1.82, 2.24) is 0 Å². The van der Waals surface area contributed by atoms with Gasteiger partial charge in [0.1, 0.15) is 11.3 Å². The van der Waals surface area contributed by atoms with Crippen LogP contribution in [0, 0.1) is 6.92 Å². The predicted molar refractivity (Wildman–Crippen MR) is 56.4 cm³/mol. The Hall–Kier alpha value is -1.53. The molecule has 0 saturated heterocycles. The van der Waals surface area contributed by atoms with Crippen molar-refractivity contribution in [2.75, 3.05) is 6.51 Å². The summed E-state index contributed by atoms with van der Waals surface area (Å²) < 4.78 is 10.3. The van der Waals surface area contributed by atoms with Crippen molar-refractivity contribution >= 4 is 13.1 Å². The normalized spacial score (nSPS) is 15.0. The topological polar surface area (TPSA) is 76.0 Å². The summed E-state index contributed by atoms with van der Waals surface area (Å²) in [6.45, 7) is 1.96. The van der Waals surface area contributed by atoms with Crippen LogP contribution in [0.1, 0.15) is 21.5 Å². The van der Waals surface area contributed by atoms with Crippen LogP contribution in [0.4, 0.5) is 0 Å². The summed E-state index contributed by atoms with van der Waals surface area (Å²) in [5.74, 6) is -0.860. The van der Waals surface area contributed by atoms with Crippen LogP contribution in [0.2, 0.25) is 0 Å². The third kappa shape index (κ3) is 1.89. The van der Waals surface area contributed by atoms with Crippen molar-refractivity contribution in [3.63, 3.8) is 0 Å². The Morgan fingerprint density at radius 2 is 2.25 bits per heavy atom. The molecule has 0 aromatic heterocycles. The summed E-state index contributed by atoms with van der Waals surface area (Å²) in [4.78, 5) is 11.1. The fraction of sp³-hybridized carbons (Fsp3) is 0.300. The van der Waals surface area contributed by atoms with Crippen LogP contribution >= 0.6 is 0 Å². The smallest absolute Gasteiger partial charge is 0.534 e. The van der Waals surface area contributed by atoms with Crippen molar-refractivity contribution in [1.29, 1.82) is 0 Å². The van der Waals surface area contributed by atoms with E-state index < -0.39 is 13.1 Å². The average Bonchev–Trinajstić information content (AvgIpc) is 2.37. The maximum atomic E-state index is 11.1. The highest BCUT2D eigenvalue weighted by molar-refractivity contribution is 6.43. The summed E-state index contributed by atoms with van der Waals surface area (Å²) in [6.07, 6.45) is 0. The Balaban J connectivity index is 2.56. The molecule has 0 amide bonds. The van der Waals surface area contributed by atoms with Gasteiger partial charge in [-0.3, -0.25) is 0 Å². The Kier molecular flexibility index (Phi) is 2.85. The average molecular weight is 222 g/mol. The molecule has 1 aliphatic heterocycles. The van der Waals surface area contributed by atoms with E-state index in [9.17, 15) is 9.82 Å². The number of carbonyl (C=O) groups is 1. The maximum absolute atomic E-state index is 11.1. The summed E-state index contributed by atoms with van der Waals surface area (Å²) in [5.41, 5.74) is 1.32. The molecule has 1 aliphatic rings. The zero-order valence-electron chi connectivity index (χ0n) is 8.77. The summed E-state index contributed by atoms with van der Waals surface area (Å²) in [6, 6.07) is 3.45. The first-order chi connectivity index (χ1) is 7.59. The van der Waals surface area contributed by atoms with Gasteiger partial charge in [-0.2, -0.15) is 0 Å². The highest BCUT2D eigenvalue weighted by Crippen LogP contribution is 2.29. The number of fused-ring (bicyclic) bond motifs is 1. The number of carboxylic acid groups (broad SMARTS) is 1. The van der Waals surface area contributed by atoms with Crippen LogP contribution in [0.5, 0.6) is 5.75 Å². The number of benzene rings is 1. The van der Waals surface area contributed by atoms with E-state index in [1.54, 1.807) is 19.1 Å². The molecule has 6 heteroatoms. The molecular weight excluding hydrogens is 211 g/mol. The van der Waals surface area contributed by atoms with Gasteiger partial charge >= 0.3 is 13.1 Å². The minimum absolute atomic E-state index is 0.0345. The number of carboxylic acids is 1. The van der Waals surface area contributed by atoms with Crippen molar-refractivity contribution in [3.8, 4) is 5.75 Å². The second-order valence-electron chi connectivity index (χ2n) is 3.64. The molecule has 1 aromatic carbocycles. The van der Waals surface area contributed by atoms with Crippen LogP contribution < -0.4 is 4.65 Å². The third-order valence-corrected chi connectivity index (χ3v) is 2.43. The summed E-state index contributed by atoms with van der Waals surface area (Å²) >= 11 is 0. The first-order valence-corrected chi connectivity index (χ1v) is 4.88. The Bertz CT molecular complexity index is 431. The lowest BCUT2D eigenvalue weighted by Crippen LogP contribution is -2.27. The van der Waals surface area contributed by atoms with Crippen LogP contribution in [0.3, 0.4) is 0 Å². The molecule has 5 nitrogen and oxygen atoms in total. The lowest BCUT2D eigenvalue weighted by molar-refractivity contribution is 0.0693. The van der Waals surface area contributed by atoms with Gasteiger partial charge in [0, 0.05) is 5.56 Å². The second-order valence-corrected chi connectivity index (χ2v) is 3.64. The molecule has 0 unspecified atom stereocenters. The van der Waals surface area contributed by atoms with Crippen molar-refractivity contribution in [2.45, 2.75) is 13.5 Å². The molecule has 16 heavy (non-hydrogen) atoms. The molecular formula is C10H11BO5. The van der Waals surface area contributed by atoms with Crippen molar-refractivity contribution in [2.24, 2.45) is 0 Å². The van der Waals surface area contributed by atoms with E-state index in [0.29, 0.717) is 11.1 Å². The zero-order chi connectivity index (χ0) is 11.7. The van der Waals surface area contributed by atoms with E-state index in [1.165, 1.54) is 0 Å². The van der Waals surface area contributed by atoms with E-state index in [1.807, 2.05) is 0 Å². The van der Waals surface area contributed by atoms with Gasteiger partial charge in [-0.25, -0.2) is 4.79 Å². The van der Waals surface area contributed by atoms with E-state index in [-0.39, 0.29) is 24.4 Å². The van der Waals surface area contributed by atoms with Gasteiger partial charge in [0.2, 0.25) is 0 Å². The van der Waals surface area contributed by atoms with Gasteiger partial charge in [0.15, 0.2) is 0 Å². The standard InChI is InChI=1S/C10H11BO5/c1-6-2-3-7-4-15-5-11(14)16-9(7)8(6)10(12)13/h2-3,14H,4-5H2,1H3,(H,12,13). The number of hydrogen-bond donors (Lipinski definition) is 2. The van der Waals surface area contributed by atoms with Gasteiger partial charge in [-0.05, 0) is 12.5 Å². The van der Waals surface area contributed by atoms with Gasteiger partial charge in [-0.15, -0.1) is 0 Å². The molecule has 0 spiro atoms. The Morgan fingerprint density at radius 1 is 1.50 bits per heavy atom. The predicted octanol–water partition coefficient (Wildman–Crippen LogP) is 0.622. The van der Waals surface area contributed by atoms with Crippen LogP contribution in [0.25, 0.3) is 0 Å². The first kappa shape index (κ1) is 11.0. The van der Waals surface area contributed by atoms with Gasteiger partial charge in [0.05, 0.1) is 13.1 Å². The van der Waals surface area contributed by atoms with Crippen LogP contribution in [0.15, 0.2) is 12.1 Å². The summed E-state index contributed by atoms with van der Waals surface area (Å²) in [5, 5.41) is 18.5. The monoisotopic (exact) mass is 222 g/mol. The lowest BCUT2D eigenvalue weighted by Gasteiger charge is -2.13. The van der Waals surface area contributed by atoms with E-state index in [2.05, 4.69) is 0 Å². The van der Waals surface area contributed by atoms with E-state index in [4.69, 9.17) is 14.5 Å². The number of aryl methyl sites for hydroxylation is 1. The molecule has 0 atom stereocenters. The first-order valence-electron chi connectivity index (χ1n) is 4.88. The minimum atomic E-state index is -1.12. The van der Waals surface area contributed by atoms with Crippen LogP contribution in [-0.4, -0.2) is 29.7 Å². The quantitative estimate of drug-likeness (QED) is 0.681. The molecule has 0 bridgehead atoms. The molecule has 84 valence electrons. The van der Waals surface area contributed by atoms with Crippen molar-refractivity contribution in [3.05, 3.63) is 28.8 Å². The SMILES string of the molecule is Cc1ccc2c(c1C(=O)O)OB(O)COC2. The van der Waals surface area contributed by atoms with Crippen molar-refractivity contribution < 1.29 is 24.3 Å². The fourth-order valence-corrected chi connectivity index (χ4v) is 1.68. The highest BCUT2D eigenvalue weighted by Gasteiger charge is 2.27. The minimum Gasteiger partial charge on any atom is -0.534 e. The molecule has 2 rings (SSSR count). The second kappa shape index (κ2) is 4.15. The van der Waals surface area contributed by atoms with Gasteiger partial charge < -0.3 is 19.5 Å². The molecule has 0 radical (unpaired) electrons. The number of hydrogen-bond acceptors (Lipinski definition) is 4. The van der Waals surface area contributed by atoms with Gasteiger partial charge in [-0.1, -0.05) is 12.1 Å². The molecule has 2 N–H and O–H groups in total. The molecule has 1 aromatic rings.